The van der Waals surface area contributed by atoms with Crippen LogP contribution in [0.3, 0.4) is 0 Å². The van der Waals surface area contributed by atoms with Crippen molar-refractivity contribution in [2.75, 3.05) is 31.5 Å². The van der Waals surface area contributed by atoms with E-state index in [1.54, 1.807) is 30.6 Å². The molecule has 1 fully saturated rings. The molecule has 2 aromatic carbocycles. The van der Waals surface area contributed by atoms with Gasteiger partial charge in [-0.25, -0.2) is 13.2 Å². The van der Waals surface area contributed by atoms with Gasteiger partial charge in [-0.3, -0.25) is 14.8 Å². The van der Waals surface area contributed by atoms with Gasteiger partial charge in [0.25, 0.3) is 0 Å². The van der Waals surface area contributed by atoms with E-state index < -0.39 is 15.2 Å². The third kappa shape index (κ3) is 6.79. The summed E-state index contributed by atoms with van der Waals surface area (Å²) in [6.07, 6.45) is 4.83. The lowest BCUT2D eigenvalue weighted by molar-refractivity contribution is 0.102. The smallest absolute Gasteiger partial charge is 0.319 e. The number of carbonyl (C=O) groups is 1. The number of benzene rings is 2. The van der Waals surface area contributed by atoms with Crippen LogP contribution in [0.5, 0.6) is 0 Å². The predicted octanol–water partition coefficient (Wildman–Crippen LogP) is 4.72. The number of pyridine rings is 1. The normalized spacial score (nSPS) is 16.4. The van der Waals surface area contributed by atoms with Gasteiger partial charge in [-0.2, -0.15) is 0 Å². The Morgan fingerprint density at radius 2 is 1.71 bits per heavy atom. The average molecular weight is 554 g/mol. The van der Waals surface area contributed by atoms with Crippen LogP contribution >= 0.6 is 11.6 Å². The maximum Gasteiger partial charge on any atom is 0.319 e. The summed E-state index contributed by atoms with van der Waals surface area (Å²) in [6.45, 7) is 8.98. The summed E-state index contributed by atoms with van der Waals surface area (Å²) in [5, 5.41) is 5.34. The van der Waals surface area contributed by atoms with Crippen molar-refractivity contribution >= 4 is 33.2 Å². The van der Waals surface area contributed by atoms with Crippen LogP contribution in [-0.2, 0) is 16.4 Å². The van der Waals surface area contributed by atoms with E-state index >= 15 is 0 Å². The highest BCUT2D eigenvalue weighted by atomic mass is 35.5. The van der Waals surface area contributed by atoms with Crippen LogP contribution in [0.25, 0.3) is 0 Å². The molecule has 38 heavy (non-hydrogen) atoms. The maximum absolute atomic E-state index is 13.5. The molecule has 2 atom stereocenters. The van der Waals surface area contributed by atoms with Crippen molar-refractivity contribution < 1.29 is 13.2 Å². The number of aromatic nitrogens is 1. The highest BCUT2D eigenvalue weighted by molar-refractivity contribution is 7.92. The predicted molar refractivity (Wildman–Crippen MR) is 151 cm³/mol. The number of sulfone groups is 1. The highest BCUT2D eigenvalue weighted by Crippen LogP contribution is 2.26. The SMILES string of the molecule is C=CC(N1CCN(C(C)c2ccc(Cl)cc2)CC1)S(=O)(=O)c1ccc(NC(=O)NCc2cccnc2)cc1. The minimum atomic E-state index is -3.70. The van der Waals surface area contributed by atoms with Crippen LogP contribution in [0.15, 0.2) is 90.6 Å². The molecule has 200 valence electrons. The molecule has 0 saturated carbocycles. The van der Waals surface area contributed by atoms with Crippen LogP contribution in [0.2, 0.25) is 5.02 Å². The van der Waals surface area contributed by atoms with E-state index in [4.69, 9.17) is 11.6 Å². The molecule has 0 spiro atoms. The number of anilines is 1. The second kappa shape index (κ2) is 12.5. The van der Waals surface area contributed by atoms with Crippen molar-refractivity contribution in [1.29, 1.82) is 0 Å². The number of amides is 2. The van der Waals surface area contributed by atoms with Crippen molar-refractivity contribution in [2.24, 2.45) is 0 Å². The van der Waals surface area contributed by atoms with Gasteiger partial charge in [-0.05, 0) is 60.5 Å². The van der Waals surface area contributed by atoms with E-state index in [0.29, 0.717) is 30.3 Å². The Morgan fingerprint density at radius 3 is 2.32 bits per heavy atom. The molecule has 10 heteroatoms. The highest BCUT2D eigenvalue weighted by Gasteiger charge is 2.33. The Morgan fingerprint density at radius 1 is 1.05 bits per heavy atom. The lowest BCUT2D eigenvalue weighted by atomic mass is 10.1. The van der Waals surface area contributed by atoms with Crippen LogP contribution in [0.4, 0.5) is 10.5 Å². The molecular formula is C28H32ClN5O3S. The molecule has 0 radical (unpaired) electrons. The van der Waals surface area contributed by atoms with Crippen molar-refractivity contribution in [3.05, 3.63) is 102 Å². The first-order chi connectivity index (χ1) is 18.3. The van der Waals surface area contributed by atoms with Gasteiger partial charge in [0.1, 0.15) is 5.37 Å². The zero-order valence-corrected chi connectivity index (χ0v) is 22.8. The summed E-state index contributed by atoms with van der Waals surface area (Å²) in [7, 11) is -3.70. The summed E-state index contributed by atoms with van der Waals surface area (Å²) >= 11 is 6.02. The first-order valence-electron chi connectivity index (χ1n) is 12.4. The minimum absolute atomic E-state index is 0.181. The second-order valence-electron chi connectivity index (χ2n) is 9.16. The fourth-order valence-corrected chi connectivity index (χ4v) is 6.31. The number of nitrogens with one attached hydrogen (secondary N) is 2. The van der Waals surface area contributed by atoms with Gasteiger partial charge in [0, 0.05) is 61.9 Å². The molecule has 8 nitrogen and oxygen atoms in total. The number of rotatable bonds is 9. The molecule has 3 aromatic rings. The van der Waals surface area contributed by atoms with E-state index in [-0.39, 0.29) is 17.0 Å². The first-order valence-corrected chi connectivity index (χ1v) is 14.3. The fraction of sp³-hybridized carbons (Fsp3) is 0.286. The Kier molecular flexibility index (Phi) is 9.17. The van der Waals surface area contributed by atoms with Gasteiger partial charge in [0.2, 0.25) is 0 Å². The van der Waals surface area contributed by atoms with E-state index in [2.05, 4.69) is 34.0 Å². The summed E-state index contributed by atoms with van der Waals surface area (Å²) in [5.74, 6) is 0. The Labute approximate surface area is 229 Å². The van der Waals surface area contributed by atoms with E-state index in [0.717, 1.165) is 18.7 Å². The second-order valence-corrected chi connectivity index (χ2v) is 11.6. The number of hydrogen-bond donors (Lipinski definition) is 2. The third-order valence-corrected chi connectivity index (χ3v) is 9.05. The van der Waals surface area contributed by atoms with Gasteiger partial charge in [0.15, 0.2) is 9.84 Å². The minimum Gasteiger partial charge on any atom is -0.334 e. The maximum atomic E-state index is 13.5. The van der Waals surface area contributed by atoms with Gasteiger partial charge in [-0.1, -0.05) is 35.9 Å². The standard InChI is InChI=1S/C28H32ClN5O3S/c1-3-27(34-17-15-33(16-18-34)21(2)23-6-8-24(29)9-7-23)38(36,37)26-12-10-25(11-13-26)32-28(35)31-20-22-5-4-14-30-19-22/h3-14,19,21,27H,1,15-18,20H2,2H3,(H2,31,32,35). The quantitative estimate of drug-likeness (QED) is 0.372. The molecular weight excluding hydrogens is 522 g/mol. The van der Waals surface area contributed by atoms with Crippen molar-refractivity contribution in [3.8, 4) is 0 Å². The largest absolute Gasteiger partial charge is 0.334 e. The average Bonchev–Trinajstić information content (AvgIpc) is 2.93. The number of nitrogens with zero attached hydrogens (tertiary/aromatic N) is 3. The topological polar surface area (TPSA) is 94.6 Å². The lowest BCUT2D eigenvalue weighted by Gasteiger charge is -2.40. The van der Waals surface area contributed by atoms with Crippen LogP contribution < -0.4 is 10.6 Å². The molecule has 0 aliphatic carbocycles. The summed E-state index contributed by atoms with van der Waals surface area (Å²) in [6, 6.07) is 17.5. The Bertz CT molecular complexity index is 1330. The molecule has 2 amide bonds. The Hall–Kier alpha value is -3.24. The van der Waals surface area contributed by atoms with E-state index in [9.17, 15) is 13.2 Å². The van der Waals surface area contributed by atoms with Gasteiger partial charge < -0.3 is 10.6 Å². The third-order valence-electron chi connectivity index (χ3n) is 6.75. The van der Waals surface area contributed by atoms with E-state index in [1.165, 1.54) is 23.8 Å². The molecule has 1 saturated heterocycles. The summed E-state index contributed by atoms with van der Waals surface area (Å²) in [4.78, 5) is 20.7. The zero-order chi connectivity index (χ0) is 27.1. The molecule has 4 rings (SSSR count). The number of piperazine rings is 1. The molecule has 2 unspecified atom stereocenters. The molecule has 1 aliphatic heterocycles. The summed E-state index contributed by atoms with van der Waals surface area (Å²) in [5.41, 5.74) is 2.54. The lowest BCUT2D eigenvalue weighted by Crippen LogP contribution is -2.52. The van der Waals surface area contributed by atoms with Crippen LogP contribution in [0.1, 0.15) is 24.1 Å². The molecule has 2 N–H and O–H groups in total. The van der Waals surface area contributed by atoms with E-state index in [1.807, 2.05) is 35.2 Å². The van der Waals surface area contributed by atoms with Crippen molar-refractivity contribution in [1.82, 2.24) is 20.1 Å². The van der Waals surface area contributed by atoms with Crippen molar-refractivity contribution in [2.45, 2.75) is 29.8 Å². The molecule has 2 heterocycles. The Balaban J connectivity index is 1.34. The van der Waals surface area contributed by atoms with Gasteiger partial charge in [-0.15, -0.1) is 6.58 Å². The molecule has 0 bridgehead atoms. The fourth-order valence-electron chi connectivity index (χ4n) is 4.53. The number of urea groups is 1. The number of halogens is 1. The molecule has 1 aromatic heterocycles. The van der Waals surface area contributed by atoms with Crippen LogP contribution in [-0.4, -0.2) is 60.8 Å². The van der Waals surface area contributed by atoms with Gasteiger partial charge >= 0.3 is 6.03 Å². The van der Waals surface area contributed by atoms with Crippen molar-refractivity contribution in [3.63, 3.8) is 0 Å². The number of carbonyl (C=O) groups excluding carboxylic acids is 1. The summed E-state index contributed by atoms with van der Waals surface area (Å²) < 4.78 is 27.0. The number of hydrogen-bond acceptors (Lipinski definition) is 6. The molecule has 1 aliphatic rings. The van der Waals surface area contributed by atoms with Crippen LogP contribution in [0, 0.1) is 0 Å². The van der Waals surface area contributed by atoms with Gasteiger partial charge in [0.05, 0.1) is 4.90 Å². The first kappa shape index (κ1) is 27.8. The zero-order valence-electron chi connectivity index (χ0n) is 21.3. The monoisotopic (exact) mass is 553 g/mol.